The van der Waals surface area contributed by atoms with E-state index in [0.717, 1.165) is 47.3 Å². The molecule has 1 aromatic carbocycles. The van der Waals surface area contributed by atoms with Crippen molar-refractivity contribution in [1.29, 1.82) is 0 Å². The largest absolute Gasteiger partial charge is 0.497 e. The highest BCUT2D eigenvalue weighted by atomic mass is 16.5. The van der Waals surface area contributed by atoms with Gasteiger partial charge in [0.1, 0.15) is 17.8 Å². The molecule has 0 radical (unpaired) electrons. The van der Waals surface area contributed by atoms with Crippen LogP contribution in [0.4, 0.5) is 0 Å². The van der Waals surface area contributed by atoms with Crippen molar-refractivity contribution >= 4 is 22.7 Å². The number of rotatable bonds is 7. The van der Waals surface area contributed by atoms with Crippen LogP contribution >= 0.6 is 0 Å². The minimum Gasteiger partial charge on any atom is -0.497 e. The van der Waals surface area contributed by atoms with Gasteiger partial charge in [-0.05, 0) is 70.2 Å². The Morgan fingerprint density at radius 1 is 1.24 bits per heavy atom. The van der Waals surface area contributed by atoms with Crippen LogP contribution in [-0.4, -0.2) is 53.0 Å². The third-order valence-corrected chi connectivity index (χ3v) is 6.74. The summed E-state index contributed by atoms with van der Waals surface area (Å²) in [6.07, 6.45) is 2.82. The summed E-state index contributed by atoms with van der Waals surface area (Å²) in [5.41, 5.74) is 3.25. The van der Waals surface area contributed by atoms with Crippen LogP contribution < -0.4 is 15.4 Å². The Hall–Kier alpha value is -2.54. The number of nitrogens with one attached hydrogen (secondary N) is 3. The lowest BCUT2D eigenvalue weighted by Crippen LogP contribution is -2.66. The maximum absolute atomic E-state index is 13.7. The van der Waals surface area contributed by atoms with E-state index >= 15 is 0 Å². The minimum absolute atomic E-state index is 0.0364. The number of aromatic nitrogens is 1. The number of carbonyl (C=O) groups excluding carboxylic acids is 2. The summed E-state index contributed by atoms with van der Waals surface area (Å²) < 4.78 is 5.40. The van der Waals surface area contributed by atoms with Gasteiger partial charge in [-0.1, -0.05) is 13.8 Å². The van der Waals surface area contributed by atoms with E-state index in [1.807, 2.05) is 17.0 Å². The fourth-order valence-corrected chi connectivity index (χ4v) is 5.21. The second-order valence-electron chi connectivity index (χ2n) is 10.9. The predicted octanol–water partition coefficient (Wildman–Crippen LogP) is 3.68. The SMILES string of the molecule is COc1ccc2c3c([nH]c2c1)[C@H](CC(C)C)N1C(=O)[C@H](CCCNC(C)(C)C)NC(=O)[C@@H]1C3. The Bertz CT molecular complexity index is 1040. The maximum atomic E-state index is 13.7. The topological polar surface area (TPSA) is 86.5 Å². The van der Waals surface area contributed by atoms with Crippen LogP contribution in [0.15, 0.2) is 18.2 Å². The summed E-state index contributed by atoms with van der Waals surface area (Å²) in [7, 11) is 1.66. The van der Waals surface area contributed by atoms with Gasteiger partial charge in [0.15, 0.2) is 0 Å². The Labute approximate surface area is 196 Å². The molecule has 2 aliphatic rings. The molecule has 1 saturated heterocycles. The van der Waals surface area contributed by atoms with Crippen molar-refractivity contribution in [3.8, 4) is 5.75 Å². The number of aromatic amines is 1. The fraction of sp³-hybridized carbons (Fsp3) is 0.615. The number of hydrogen-bond acceptors (Lipinski definition) is 4. The molecule has 4 rings (SSSR count). The van der Waals surface area contributed by atoms with Crippen LogP contribution in [-0.2, 0) is 16.0 Å². The molecule has 0 saturated carbocycles. The van der Waals surface area contributed by atoms with Gasteiger partial charge in [-0.2, -0.15) is 0 Å². The molecule has 0 unspecified atom stereocenters. The first-order valence-electron chi connectivity index (χ1n) is 12.1. The summed E-state index contributed by atoms with van der Waals surface area (Å²) in [6, 6.07) is 4.94. The standard InChI is InChI=1S/C26H38N4O3/c1-15(2)12-21-23-18(17-10-9-16(33-6)13-20(17)28-23)14-22-24(31)29-19(25(32)30(21)22)8-7-11-27-26(3,4)5/h9-10,13,15,19,21-22,27-28H,7-8,11-12,14H2,1-6H3,(H,29,31)/t19-,21-,22-/m0/s1. The molecule has 180 valence electrons. The fourth-order valence-electron chi connectivity index (χ4n) is 5.21. The van der Waals surface area contributed by atoms with Crippen molar-refractivity contribution in [3.63, 3.8) is 0 Å². The van der Waals surface area contributed by atoms with Gasteiger partial charge < -0.3 is 25.3 Å². The first-order chi connectivity index (χ1) is 15.6. The molecule has 7 nitrogen and oxygen atoms in total. The van der Waals surface area contributed by atoms with E-state index in [1.165, 1.54) is 0 Å². The van der Waals surface area contributed by atoms with Crippen LogP contribution in [0.1, 0.15) is 71.2 Å². The number of benzene rings is 1. The predicted molar refractivity (Wildman–Crippen MR) is 130 cm³/mol. The Balaban J connectivity index is 1.64. The van der Waals surface area contributed by atoms with Gasteiger partial charge >= 0.3 is 0 Å². The van der Waals surface area contributed by atoms with E-state index in [-0.39, 0.29) is 23.4 Å². The van der Waals surface area contributed by atoms with E-state index in [9.17, 15) is 9.59 Å². The summed E-state index contributed by atoms with van der Waals surface area (Å²) in [6.45, 7) is 11.5. The average molecular weight is 455 g/mol. The molecule has 1 aromatic heterocycles. The molecule has 3 N–H and O–H groups in total. The van der Waals surface area contributed by atoms with Crippen LogP contribution in [0.5, 0.6) is 5.75 Å². The van der Waals surface area contributed by atoms with Gasteiger partial charge in [0, 0.05) is 34.6 Å². The summed E-state index contributed by atoms with van der Waals surface area (Å²) in [5.74, 6) is 1.18. The van der Waals surface area contributed by atoms with E-state index in [4.69, 9.17) is 4.74 Å². The molecule has 0 aliphatic carbocycles. The molecule has 2 aromatic rings. The molecule has 1 fully saturated rings. The van der Waals surface area contributed by atoms with Gasteiger partial charge in [0.05, 0.1) is 13.2 Å². The zero-order chi connectivity index (χ0) is 23.9. The molecule has 3 atom stereocenters. The van der Waals surface area contributed by atoms with Crippen molar-refractivity contribution in [2.75, 3.05) is 13.7 Å². The Kier molecular flexibility index (Phi) is 6.45. The molecule has 0 spiro atoms. The highest BCUT2D eigenvalue weighted by Crippen LogP contribution is 2.42. The smallest absolute Gasteiger partial charge is 0.246 e. The van der Waals surface area contributed by atoms with Crippen molar-refractivity contribution in [3.05, 3.63) is 29.5 Å². The normalized spacial score (nSPS) is 23.0. The van der Waals surface area contributed by atoms with Gasteiger partial charge in [0.2, 0.25) is 11.8 Å². The molecule has 2 amide bonds. The molecule has 7 heteroatoms. The molecule has 33 heavy (non-hydrogen) atoms. The lowest BCUT2D eigenvalue weighted by atomic mass is 9.85. The highest BCUT2D eigenvalue weighted by Gasteiger charge is 2.48. The molecular formula is C26H38N4O3. The first kappa shape index (κ1) is 23.6. The summed E-state index contributed by atoms with van der Waals surface area (Å²) in [5, 5.41) is 7.61. The molecule has 3 heterocycles. The second-order valence-corrected chi connectivity index (χ2v) is 10.9. The molecular weight excluding hydrogens is 416 g/mol. The van der Waals surface area contributed by atoms with Crippen LogP contribution in [0.25, 0.3) is 10.9 Å². The van der Waals surface area contributed by atoms with Crippen molar-refractivity contribution < 1.29 is 14.3 Å². The highest BCUT2D eigenvalue weighted by molar-refractivity contribution is 5.99. The number of fused-ring (bicyclic) bond motifs is 4. The Morgan fingerprint density at radius 2 is 2.00 bits per heavy atom. The quantitative estimate of drug-likeness (QED) is 0.557. The average Bonchev–Trinajstić information content (AvgIpc) is 3.11. The number of carbonyl (C=O) groups is 2. The maximum Gasteiger partial charge on any atom is 0.246 e. The number of hydrogen-bond donors (Lipinski definition) is 3. The third-order valence-electron chi connectivity index (χ3n) is 6.74. The Morgan fingerprint density at radius 3 is 2.67 bits per heavy atom. The summed E-state index contributed by atoms with van der Waals surface area (Å²) in [4.78, 5) is 32.4. The van der Waals surface area contributed by atoms with E-state index in [2.05, 4.69) is 56.3 Å². The number of piperazine rings is 1. The second kappa shape index (κ2) is 9.01. The van der Waals surface area contributed by atoms with Gasteiger partial charge in [-0.25, -0.2) is 0 Å². The van der Waals surface area contributed by atoms with Gasteiger partial charge in [0.25, 0.3) is 0 Å². The monoisotopic (exact) mass is 454 g/mol. The number of H-pyrrole nitrogens is 1. The lowest BCUT2D eigenvalue weighted by Gasteiger charge is -2.47. The van der Waals surface area contributed by atoms with Crippen LogP contribution in [0.3, 0.4) is 0 Å². The molecule has 0 bridgehead atoms. The van der Waals surface area contributed by atoms with Crippen LogP contribution in [0, 0.1) is 5.92 Å². The van der Waals surface area contributed by atoms with Crippen molar-refractivity contribution in [2.24, 2.45) is 5.92 Å². The number of amides is 2. The van der Waals surface area contributed by atoms with Crippen molar-refractivity contribution in [1.82, 2.24) is 20.5 Å². The van der Waals surface area contributed by atoms with E-state index in [0.29, 0.717) is 18.8 Å². The number of ether oxygens (including phenoxy) is 1. The first-order valence-corrected chi connectivity index (χ1v) is 12.1. The lowest BCUT2D eigenvalue weighted by molar-refractivity contribution is -0.154. The summed E-state index contributed by atoms with van der Waals surface area (Å²) >= 11 is 0. The van der Waals surface area contributed by atoms with Gasteiger partial charge in [-0.3, -0.25) is 9.59 Å². The van der Waals surface area contributed by atoms with E-state index in [1.54, 1.807) is 7.11 Å². The minimum atomic E-state index is -0.462. The molecule has 2 aliphatic heterocycles. The zero-order valence-corrected chi connectivity index (χ0v) is 20.7. The number of nitrogens with zero attached hydrogens (tertiary/aromatic N) is 1. The van der Waals surface area contributed by atoms with E-state index < -0.39 is 12.1 Å². The third kappa shape index (κ3) is 4.74. The van der Waals surface area contributed by atoms with Gasteiger partial charge in [-0.15, -0.1) is 0 Å². The number of methoxy groups -OCH3 is 1. The van der Waals surface area contributed by atoms with Crippen molar-refractivity contribution in [2.45, 2.75) is 84.0 Å². The zero-order valence-electron chi connectivity index (χ0n) is 20.7. The van der Waals surface area contributed by atoms with Crippen LogP contribution in [0.2, 0.25) is 0 Å².